The van der Waals surface area contributed by atoms with Gasteiger partial charge in [0.2, 0.25) is 0 Å². The van der Waals surface area contributed by atoms with Gasteiger partial charge in [-0.15, -0.1) is 0 Å². The van der Waals surface area contributed by atoms with E-state index >= 15 is 0 Å². The average Bonchev–Trinajstić information content (AvgIpc) is 2.00. The van der Waals surface area contributed by atoms with Crippen molar-refractivity contribution in [2.24, 2.45) is 0 Å². The highest BCUT2D eigenvalue weighted by molar-refractivity contribution is 4.77. The fourth-order valence-corrected chi connectivity index (χ4v) is 0.936. The molecule has 13 heavy (non-hydrogen) atoms. The summed E-state index contributed by atoms with van der Waals surface area (Å²) in [4.78, 5) is 1.93. The Hall–Kier alpha value is -0.160. The molecule has 1 atom stereocenters. The minimum absolute atomic E-state index is 0.0711. The zero-order valence-corrected chi connectivity index (χ0v) is 9.04. The van der Waals surface area contributed by atoms with Crippen molar-refractivity contribution < 1.29 is 10.2 Å². The molecule has 3 N–H and O–H groups in total. The molecule has 0 bridgehead atoms. The molecule has 0 aromatic heterocycles. The second-order valence-corrected chi connectivity index (χ2v) is 4.34. The molecule has 0 aromatic carbocycles. The maximum atomic E-state index is 9.49. The molecule has 0 aromatic rings. The third-order valence-electron chi connectivity index (χ3n) is 1.79. The van der Waals surface area contributed by atoms with E-state index in [0.29, 0.717) is 13.1 Å². The molecular formula is C9H22N2O2. The normalized spacial score (nSPS) is 15.0. The second kappa shape index (κ2) is 5.54. The number of aliphatic hydroxyl groups excluding tert-OH is 2. The van der Waals surface area contributed by atoms with Crippen LogP contribution in [0.5, 0.6) is 0 Å². The van der Waals surface area contributed by atoms with Gasteiger partial charge in [0.15, 0.2) is 0 Å². The maximum Gasteiger partial charge on any atom is 0.0791 e. The number of nitrogens with zero attached hydrogens (tertiary/aromatic N) is 1. The molecule has 0 amide bonds. The summed E-state index contributed by atoms with van der Waals surface area (Å²) in [6, 6.07) is 0. The van der Waals surface area contributed by atoms with Gasteiger partial charge in [0.25, 0.3) is 0 Å². The van der Waals surface area contributed by atoms with Gasteiger partial charge in [-0.25, -0.2) is 0 Å². The van der Waals surface area contributed by atoms with Gasteiger partial charge in [0.05, 0.1) is 12.7 Å². The summed E-state index contributed by atoms with van der Waals surface area (Å²) >= 11 is 0. The fraction of sp³-hybridized carbons (Fsp3) is 1.00. The van der Waals surface area contributed by atoms with Crippen LogP contribution < -0.4 is 5.32 Å². The van der Waals surface area contributed by atoms with E-state index in [-0.39, 0.29) is 18.2 Å². The molecule has 0 aliphatic rings. The zero-order valence-electron chi connectivity index (χ0n) is 9.04. The van der Waals surface area contributed by atoms with Crippen molar-refractivity contribution in [2.75, 3.05) is 33.8 Å². The quantitative estimate of drug-likeness (QED) is 0.517. The van der Waals surface area contributed by atoms with Gasteiger partial charge in [0, 0.05) is 18.6 Å². The number of likely N-dealkylation sites (N-methyl/N-ethyl adjacent to an activating group) is 1. The Labute approximate surface area is 80.6 Å². The minimum Gasteiger partial charge on any atom is -0.394 e. The summed E-state index contributed by atoms with van der Waals surface area (Å²) in [5.74, 6) is 0. The molecular weight excluding hydrogens is 168 g/mol. The fourth-order valence-electron chi connectivity index (χ4n) is 0.936. The minimum atomic E-state index is -0.388. The molecule has 4 heteroatoms. The number of hydrogen-bond acceptors (Lipinski definition) is 4. The van der Waals surface area contributed by atoms with Crippen LogP contribution in [-0.4, -0.2) is 60.5 Å². The Kier molecular flexibility index (Phi) is 5.48. The Morgan fingerprint density at radius 3 is 2.31 bits per heavy atom. The maximum absolute atomic E-state index is 9.49. The first-order valence-electron chi connectivity index (χ1n) is 4.56. The molecule has 80 valence electrons. The molecule has 0 saturated carbocycles. The van der Waals surface area contributed by atoms with E-state index < -0.39 is 0 Å². The largest absolute Gasteiger partial charge is 0.394 e. The smallest absolute Gasteiger partial charge is 0.0791 e. The third-order valence-corrected chi connectivity index (χ3v) is 1.79. The third kappa shape index (κ3) is 6.95. The molecule has 0 aliphatic heterocycles. The highest BCUT2D eigenvalue weighted by Gasteiger charge is 2.16. The van der Waals surface area contributed by atoms with Gasteiger partial charge in [-0.1, -0.05) is 0 Å². The van der Waals surface area contributed by atoms with Crippen molar-refractivity contribution in [3.05, 3.63) is 0 Å². The molecule has 0 fully saturated rings. The van der Waals surface area contributed by atoms with Gasteiger partial charge < -0.3 is 20.4 Å². The lowest BCUT2D eigenvalue weighted by molar-refractivity contribution is 0.112. The molecule has 0 heterocycles. The van der Waals surface area contributed by atoms with E-state index in [1.54, 1.807) is 0 Å². The number of rotatable bonds is 6. The summed E-state index contributed by atoms with van der Waals surface area (Å²) in [7, 11) is 3.83. The van der Waals surface area contributed by atoms with Crippen LogP contribution in [0, 0.1) is 0 Å². The van der Waals surface area contributed by atoms with Crippen LogP contribution in [-0.2, 0) is 0 Å². The van der Waals surface area contributed by atoms with E-state index in [0.717, 1.165) is 0 Å². The lowest BCUT2D eigenvalue weighted by Crippen LogP contribution is -2.47. The predicted molar refractivity (Wildman–Crippen MR) is 53.7 cm³/mol. The Bertz CT molecular complexity index is 138. The number of aliphatic hydroxyl groups is 2. The van der Waals surface area contributed by atoms with Crippen molar-refractivity contribution >= 4 is 0 Å². The van der Waals surface area contributed by atoms with Crippen LogP contribution in [0.4, 0.5) is 0 Å². The SMILES string of the molecule is CN(C)CC(O)CNC(C)(C)CO. The van der Waals surface area contributed by atoms with Crippen molar-refractivity contribution in [1.82, 2.24) is 10.2 Å². The first kappa shape index (κ1) is 12.8. The van der Waals surface area contributed by atoms with Gasteiger partial charge in [-0.05, 0) is 27.9 Å². The monoisotopic (exact) mass is 190 g/mol. The summed E-state index contributed by atoms with van der Waals surface area (Å²) < 4.78 is 0. The highest BCUT2D eigenvalue weighted by atomic mass is 16.3. The van der Waals surface area contributed by atoms with Gasteiger partial charge in [-0.3, -0.25) is 0 Å². The van der Waals surface area contributed by atoms with Gasteiger partial charge in [0.1, 0.15) is 0 Å². The van der Waals surface area contributed by atoms with Crippen LogP contribution in [0.25, 0.3) is 0 Å². The standard InChI is InChI=1S/C9H22N2O2/c1-9(2,7-12)10-5-8(13)6-11(3)4/h8,10,12-13H,5-7H2,1-4H3. The summed E-state index contributed by atoms with van der Waals surface area (Å²) in [6.45, 7) is 5.01. The number of hydrogen-bond donors (Lipinski definition) is 3. The van der Waals surface area contributed by atoms with Crippen LogP contribution in [0.3, 0.4) is 0 Å². The van der Waals surface area contributed by atoms with Gasteiger partial charge >= 0.3 is 0 Å². The summed E-state index contributed by atoms with van der Waals surface area (Å²) in [5, 5.41) is 21.5. The van der Waals surface area contributed by atoms with Crippen LogP contribution in [0.2, 0.25) is 0 Å². The van der Waals surface area contributed by atoms with Crippen LogP contribution >= 0.6 is 0 Å². The van der Waals surface area contributed by atoms with Crippen LogP contribution in [0.1, 0.15) is 13.8 Å². The molecule has 4 nitrogen and oxygen atoms in total. The van der Waals surface area contributed by atoms with E-state index in [2.05, 4.69) is 5.32 Å². The van der Waals surface area contributed by atoms with Crippen molar-refractivity contribution in [3.8, 4) is 0 Å². The zero-order chi connectivity index (χ0) is 10.5. The van der Waals surface area contributed by atoms with E-state index in [1.807, 2.05) is 32.8 Å². The first-order chi connectivity index (χ1) is 5.87. The summed E-state index contributed by atoms with van der Waals surface area (Å²) in [6.07, 6.45) is -0.388. The molecule has 0 aliphatic carbocycles. The Balaban J connectivity index is 3.63. The summed E-state index contributed by atoms with van der Waals surface area (Å²) in [5.41, 5.74) is -0.312. The molecule has 0 radical (unpaired) electrons. The van der Waals surface area contributed by atoms with E-state index in [4.69, 9.17) is 5.11 Å². The topological polar surface area (TPSA) is 55.7 Å². The van der Waals surface area contributed by atoms with E-state index in [1.165, 1.54) is 0 Å². The molecule has 0 spiro atoms. The van der Waals surface area contributed by atoms with Crippen molar-refractivity contribution in [2.45, 2.75) is 25.5 Å². The van der Waals surface area contributed by atoms with Crippen molar-refractivity contribution in [1.29, 1.82) is 0 Å². The molecule has 1 unspecified atom stereocenters. The first-order valence-corrected chi connectivity index (χ1v) is 4.56. The van der Waals surface area contributed by atoms with Gasteiger partial charge in [-0.2, -0.15) is 0 Å². The van der Waals surface area contributed by atoms with Crippen LogP contribution in [0.15, 0.2) is 0 Å². The van der Waals surface area contributed by atoms with E-state index in [9.17, 15) is 5.11 Å². The lowest BCUT2D eigenvalue weighted by atomic mass is 10.1. The number of nitrogens with one attached hydrogen (secondary N) is 1. The number of β-amino-alcohol motifs (C(OH)–C–C–N with tert-alkyl or cyclic N) is 1. The lowest BCUT2D eigenvalue weighted by Gasteiger charge is -2.26. The molecule has 0 rings (SSSR count). The van der Waals surface area contributed by atoms with Crippen molar-refractivity contribution in [3.63, 3.8) is 0 Å². The molecule has 0 saturated heterocycles. The second-order valence-electron chi connectivity index (χ2n) is 4.34. The Morgan fingerprint density at radius 1 is 1.38 bits per heavy atom. The highest BCUT2D eigenvalue weighted by Crippen LogP contribution is 1.99. The predicted octanol–water partition coefficient (Wildman–Crippen LogP) is -0.731. The Morgan fingerprint density at radius 2 is 1.92 bits per heavy atom. The average molecular weight is 190 g/mol.